The summed E-state index contributed by atoms with van der Waals surface area (Å²) >= 11 is 0. The maximum Gasteiger partial charge on any atom is 0.471 e. The van der Waals surface area contributed by atoms with E-state index in [0.717, 1.165) is 6.07 Å². The van der Waals surface area contributed by atoms with Crippen LogP contribution < -0.4 is 5.32 Å². The van der Waals surface area contributed by atoms with Crippen molar-refractivity contribution in [2.24, 2.45) is 0 Å². The van der Waals surface area contributed by atoms with Crippen molar-refractivity contribution in [1.82, 2.24) is 9.80 Å². The zero-order chi connectivity index (χ0) is 17.9. The molecule has 1 saturated heterocycles. The smallest absolute Gasteiger partial charge is 0.333 e. The molecule has 0 bridgehead atoms. The average Bonchev–Trinajstić information content (AvgIpc) is 2.70. The van der Waals surface area contributed by atoms with Crippen LogP contribution in [0.5, 0.6) is 0 Å². The summed E-state index contributed by atoms with van der Waals surface area (Å²) in [6, 6.07) is 3.50. The molecule has 0 aliphatic carbocycles. The van der Waals surface area contributed by atoms with E-state index in [1.165, 1.54) is 11.0 Å². The van der Waals surface area contributed by atoms with E-state index in [1.54, 1.807) is 13.0 Å². The molecule has 132 valence electrons. The van der Waals surface area contributed by atoms with Crippen molar-refractivity contribution in [3.63, 3.8) is 0 Å². The van der Waals surface area contributed by atoms with Crippen molar-refractivity contribution in [3.8, 4) is 0 Å². The van der Waals surface area contributed by atoms with E-state index in [9.17, 15) is 27.2 Å². The number of aryl methyl sites for hydroxylation is 1. The number of hydrogen-bond donors (Lipinski definition) is 1. The van der Waals surface area contributed by atoms with E-state index in [4.69, 9.17) is 0 Å². The first kappa shape index (κ1) is 18.0. The Morgan fingerprint density at radius 3 is 2.29 bits per heavy atom. The molecule has 1 fully saturated rings. The standard InChI is InChI=1S/C15H17F4N3O2/c1-10-7-11(16)9-12(8-10)20-14(24)22-4-2-3-21(5-6-22)13(23)15(17,18)19/h7-9H,2-6H2,1H3,(H,20,24). The minimum Gasteiger partial charge on any atom is -0.333 e. The fourth-order valence-corrected chi connectivity index (χ4v) is 2.51. The molecule has 0 unspecified atom stereocenters. The molecule has 1 aromatic carbocycles. The number of halogens is 4. The average molecular weight is 347 g/mol. The van der Waals surface area contributed by atoms with Gasteiger partial charge in [-0.2, -0.15) is 13.2 Å². The molecule has 1 heterocycles. The number of anilines is 1. The predicted molar refractivity (Wildman–Crippen MR) is 79.0 cm³/mol. The Morgan fingerprint density at radius 2 is 1.67 bits per heavy atom. The maximum absolute atomic E-state index is 13.3. The van der Waals surface area contributed by atoms with Crippen molar-refractivity contribution in [2.75, 3.05) is 31.5 Å². The molecule has 1 N–H and O–H groups in total. The molecule has 0 atom stereocenters. The maximum atomic E-state index is 13.3. The summed E-state index contributed by atoms with van der Waals surface area (Å²) in [6.45, 7) is 1.59. The van der Waals surface area contributed by atoms with Gasteiger partial charge in [-0.05, 0) is 37.1 Å². The molecule has 0 aromatic heterocycles. The Kier molecular flexibility index (Phi) is 5.30. The molecule has 3 amide bonds. The lowest BCUT2D eigenvalue weighted by Crippen LogP contribution is -2.44. The minimum atomic E-state index is -4.92. The SMILES string of the molecule is Cc1cc(F)cc(NC(=O)N2CCCN(C(=O)C(F)(F)F)CC2)c1. The number of nitrogens with one attached hydrogen (secondary N) is 1. The minimum absolute atomic E-state index is 0.0258. The van der Waals surface area contributed by atoms with Gasteiger partial charge in [-0.3, -0.25) is 4.79 Å². The van der Waals surface area contributed by atoms with Gasteiger partial charge >= 0.3 is 18.1 Å². The van der Waals surface area contributed by atoms with E-state index >= 15 is 0 Å². The van der Waals surface area contributed by atoms with E-state index in [2.05, 4.69) is 5.32 Å². The Hall–Kier alpha value is -2.32. The molecule has 0 radical (unpaired) electrons. The molecule has 1 aliphatic rings. The number of amides is 3. The second-order valence-electron chi connectivity index (χ2n) is 5.58. The molecule has 0 saturated carbocycles. The Bertz CT molecular complexity index is 613. The van der Waals surface area contributed by atoms with Crippen LogP contribution in [-0.4, -0.2) is 54.1 Å². The predicted octanol–water partition coefficient (Wildman–Crippen LogP) is 2.76. The number of carbonyl (C=O) groups excluding carboxylic acids is 2. The van der Waals surface area contributed by atoms with Crippen molar-refractivity contribution in [3.05, 3.63) is 29.6 Å². The Labute approximate surface area is 136 Å². The number of hydrogen-bond acceptors (Lipinski definition) is 2. The van der Waals surface area contributed by atoms with Crippen LogP contribution in [0, 0.1) is 12.7 Å². The van der Waals surface area contributed by atoms with E-state index in [-0.39, 0.29) is 38.3 Å². The summed E-state index contributed by atoms with van der Waals surface area (Å²) in [4.78, 5) is 25.4. The first-order valence-corrected chi connectivity index (χ1v) is 7.36. The molecule has 9 heteroatoms. The molecular formula is C15H17F4N3O2. The van der Waals surface area contributed by atoms with Gasteiger partial charge in [0.15, 0.2) is 0 Å². The van der Waals surface area contributed by atoms with E-state index in [1.807, 2.05) is 0 Å². The second kappa shape index (κ2) is 7.06. The highest BCUT2D eigenvalue weighted by Gasteiger charge is 2.42. The van der Waals surface area contributed by atoms with Crippen molar-refractivity contribution < 1.29 is 27.2 Å². The lowest BCUT2D eigenvalue weighted by atomic mass is 10.2. The van der Waals surface area contributed by atoms with E-state index in [0.29, 0.717) is 10.5 Å². The normalized spacial score (nSPS) is 15.9. The number of nitrogens with zero attached hydrogens (tertiary/aromatic N) is 2. The van der Waals surface area contributed by atoms with Gasteiger partial charge in [0.25, 0.3) is 0 Å². The van der Waals surface area contributed by atoms with Crippen LogP contribution in [0.15, 0.2) is 18.2 Å². The van der Waals surface area contributed by atoms with Crippen LogP contribution in [0.1, 0.15) is 12.0 Å². The van der Waals surface area contributed by atoms with Crippen LogP contribution in [0.25, 0.3) is 0 Å². The van der Waals surface area contributed by atoms with Crippen molar-refractivity contribution >= 4 is 17.6 Å². The zero-order valence-corrected chi connectivity index (χ0v) is 13.0. The first-order valence-electron chi connectivity index (χ1n) is 7.36. The molecule has 1 aromatic rings. The van der Waals surface area contributed by atoms with Crippen LogP contribution in [0.3, 0.4) is 0 Å². The molecular weight excluding hydrogens is 330 g/mol. The number of urea groups is 1. The third-order valence-electron chi connectivity index (χ3n) is 3.61. The van der Waals surface area contributed by atoms with E-state index < -0.39 is 23.9 Å². The summed E-state index contributed by atoms with van der Waals surface area (Å²) in [6.07, 6.45) is -4.69. The highest BCUT2D eigenvalue weighted by Crippen LogP contribution is 2.20. The number of benzene rings is 1. The lowest BCUT2D eigenvalue weighted by molar-refractivity contribution is -0.185. The van der Waals surface area contributed by atoms with Crippen molar-refractivity contribution in [1.29, 1.82) is 0 Å². The van der Waals surface area contributed by atoms with Gasteiger partial charge in [0.2, 0.25) is 0 Å². The molecule has 5 nitrogen and oxygen atoms in total. The fraction of sp³-hybridized carbons (Fsp3) is 0.467. The van der Waals surface area contributed by atoms with Crippen LogP contribution >= 0.6 is 0 Å². The van der Waals surface area contributed by atoms with Crippen LogP contribution in [0.4, 0.5) is 28.0 Å². The molecule has 2 rings (SSSR count). The zero-order valence-electron chi connectivity index (χ0n) is 13.0. The highest BCUT2D eigenvalue weighted by atomic mass is 19.4. The quantitative estimate of drug-likeness (QED) is 0.795. The summed E-state index contributed by atoms with van der Waals surface area (Å²) < 4.78 is 50.7. The van der Waals surface area contributed by atoms with Gasteiger partial charge < -0.3 is 15.1 Å². The topological polar surface area (TPSA) is 52.7 Å². The lowest BCUT2D eigenvalue weighted by Gasteiger charge is -2.23. The number of rotatable bonds is 1. The molecule has 24 heavy (non-hydrogen) atoms. The largest absolute Gasteiger partial charge is 0.471 e. The first-order chi connectivity index (χ1) is 11.2. The van der Waals surface area contributed by atoms with Gasteiger partial charge in [0.05, 0.1) is 0 Å². The summed E-state index contributed by atoms with van der Waals surface area (Å²) in [5.74, 6) is -2.39. The van der Waals surface area contributed by atoms with Crippen LogP contribution in [0.2, 0.25) is 0 Å². The second-order valence-corrected chi connectivity index (χ2v) is 5.58. The number of alkyl halides is 3. The van der Waals surface area contributed by atoms with Gasteiger partial charge in [-0.1, -0.05) is 0 Å². The van der Waals surface area contributed by atoms with Crippen LogP contribution in [-0.2, 0) is 4.79 Å². The Morgan fingerprint density at radius 1 is 1.04 bits per heavy atom. The van der Waals surface area contributed by atoms with Crippen molar-refractivity contribution in [2.45, 2.75) is 19.5 Å². The van der Waals surface area contributed by atoms with Gasteiger partial charge in [0, 0.05) is 31.9 Å². The third-order valence-corrected chi connectivity index (χ3v) is 3.61. The summed E-state index contributed by atoms with van der Waals surface area (Å²) in [7, 11) is 0. The molecule has 0 spiro atoms. The van der Waals surface area contributed by atoms with Gasteiger partial charge in [0.1, 0.15) is 5.82 Å². The highest BCUT2D eigenvalue weighted by molar-refractivity contribution is 5.89. The summed E-state index contributed by atoms with van der Waals surface area (Å²) in [5.41, 5.74) is 0.896. The number of carbonyl (C=O) groups is 2. The summed E-state index contributed by atoms with van der Waals surface area (Å²) in [5, 5.41) is 2.52. The Balaban J connectivity index is 1.98. The van der Waals surface area contributed by atoms with Gasteiger partial charge in [-0.15, -0.1) is 0 Å². The molecule has 1 aliphatic heterocycles. The fourth-order valence-electron chi connectivity index (χ4n) is 2.51. The monoisotopic (exact) mass is 347 g/mol. The van der Waals surface area contributed by atoms with Gasteiger partial charge in [-0.25, -0.2) is 9.18 Å². The third kappa shape index (κ3) is 4.59.